The van der Waals surface area contributed by atoms with E-state index in [0.29, 0.717) is 12.0 Å². The molecule has 1 aromatic rings. The smallest absolute Gasteiger partial charge is 0.480 e. The number of hydrogen-bond acceptors (Lipinski definition) is 7. The van der Waals surface area contributed by atoms with E-state index in [1.54, 1.807) is 6.07 Å². The first-order valence-corrected chi connectivity index (χ1v) is 9.50. The van der Waals surface area contributed by atoms with Gasteiger partial charge < -0.3 is 26.6 Å². The van der Waals surface area contributed by atoms with Crippen molar-refractivity contribution in [2.45, 2.75) is 30.0 Å². The molecule has 12 heteroatoms. The van der Waals surface area contributed by atoms with Crippen molar-refractivity contribution in [3.8, 4) is 0 Å². The van der Waals surface area contributed by atoms with Crippen LogP contribution in [0.25, 0.3) is 0 Å². The maximum Gasteiger partial charge on any atom is 0.488 e. The van der Waals surface area contributed by atoms with Crippen LogP contribution in [-0.4, -0.2) is 71.7 Å². The average molecular weight is 384 g/mol. The molecular formula is C14H21BN4O6S. The Morgan fingerprint density at radius 2 is 2.04 bits per heavy atom. The number of carbonyl (C=O) groups is 1. The molecular weight excluding hydrogens is 363 g/mol. The first-order valence-electron chi connectivity index (χ1n) is 8.06. The number of nitrogens with zero attached hydrogens (tertiary/aromatic N) is 1. The molecule has 0 bridgehead atoms. The Morgan fingerprint density at radius 1 is 1.38 bits per heavy atom. The Hall–Kier alpha value is -1.54. The second-order valence-electron chi connectivity index (χ2n) is 6.86. The lowest BCUT2D eigenvalue weighted by molar-refractivity contribution is -0.143. The quantitative estimate of drug-likeness (QED) is 0.273. The van der Waals surface area contributed by atoms with Gasteiger partial charge in [0, 0.05) is 31.1 Å². The summed E-state index contributed by atoms with van der Waals surface area (Å²) < 4.78 is 28.5. The zero-order valence-electron chi connectivity index (χ0n) is 13.8. The van der Waals surface area contributed by atoms with Crippen LogP contribution in [0.1, 0.15) is 17.9 Å². The van der Waals surface area contributed by atoms with Crippen molar-refractivity contribution in [3.63, 3.8) is 0 Å². The van der Waals surface area contributed by atoms with Crippen LogP contribution < -0.4 is 21.7 Å². The van der Waals surface area contributed by atoms with Crippen LogP contribution in [0.2, 0.25) is 0 Å². The SMILES string of the molecule is N[C@H]1C[C@H]1NS(=O)(=O)N1C[C@H](c2cccc(B(O)O)c2)[C@](N)(C(=O)O)C1. The van der Waals surface area contributed by atoms with Crippen molar-refractivity contribution in [1.29, 1.82) is 0 Å². The van der Waals surface area contributed by atoms with E-state index in [-0.39, 0.29) is 24.1 Å². The Kier molecular flexibility index (Phi) is 4.86. The summed E-state index contributed by atoms with van der Waals surface area (Å²) in [7, 11) is -5.67. The number of nitrogens with two attached hydrogens (primary N) is 2. The highest BCUT2D eigenvalue weighted by Crippen LogP contribution is 2.36. The highest BCUT2D eigenvalue weighted by molar-refractivity contribution is 7.87. The fraction of sp³-hybridized carbons (Fsp3) is 0.500. The van der Waals surface area contributed by atoms with Crippen molar-refractivity contribution in [2.75, 3.05) is 13.1 Å². The van der Waals surface area contributed by atoms with Gasteiger partial charge in [0.15, 0.2) is 0 Å². The second-order valence-corrected chi connectivity index (χ2v) is 8.57. The average Bonchev–Trinajstić information content (AvgIpc) is 3.09. The van der Waals surface area contributed by atoms with E-state index < -0.39 is 41.3 Å². The molecule has 2 aliphatic rings. The molecule has 10 nitrogen and oxygen atoms in total. The standard InChI is InChI=1S/C14H21BN4O6S/c16-11-5-12(11)18-26(24,25)19-6-10(14(17,7-19)13(20)21)8-2-1-3-9(4-8)15(22)23/h1-4,10-12,18,22-23H,5-7,16-17H2,(H,20,21)/t10-,11+,12-,14+/m1/s1. The monoisotopic (exact) mass is 384 g/mol. The normalized spacial score (nSPS) is 31.8. The molecule has 0 unspecified atom stereocenters. The van der Waals surface area contributed by atoms with Crippen LogP contribution in [0, 0.1) is 0 Å². The molecule has 4 atom stereocenters. The molecule has 0 amide bonds. The van der Waals surface area contributed by atoms with E-state index in [4.69, 9.17) is 11.5 Å². The third-order valence-corrected chi connectivity index (χ3v) is 6.49. The van der Waals surface area contributed by atoms with Crippen LogP contribution >= 0.6 is 0 Å². The summed E-state index contributed by atoms with van der Waals surface area (Å²) in [6, 6.07) is 5.40. The molecule has 0 spiro atoms. The zero-order valence-corrected chi connectivity index (χ0v) is 14.6. The summed E-state index contributed by atoms with van der Waals surface area (Å²) in [5.74, 6) is -2.19. The molecule has 0 aromatic heterocycles. The summed E-state index contributed by atoms with van der Waals surface area (Å²) in [5.41, 5.74) is 10.4. The van der Waals surface area contributed by atoms with Crippen LogP contribution in [-0.2, 0) is 15.0 Å². The molecule has 1 heterocycles. The van der Waals surface area contributed by atoms with E-state index >= 15 is 0 Å². The molecule has 2 fully saturated rings. The molecule has 1 aliphatic heterocycles. The molecule has 1 aliphatic carbocycles. The minimum atomic E-state index is -3.94. The lowest BCUT2D eigenvalue weighted by Gasteiger charge is -2.26. The van der Waals surface area contributed by atoms with E-state index in [1.807, 2.05) is 0 Å². The van der Waals surface area contributed by atoms with E-state index in [2.05, 4.69) is 4.72 Å². The topological polar surface area (TPSA) is 179 Å². The molecule has 0 radical (unpaired) electrons. The molecule has 1 saturated heterocycles. The number of carboxylic acids is 1. The van der Waals surface area contributed by atoms with Crippen molar-refractivity contribution in [3.05, 3.63) is 29.8 Å². The Labute approximate surface area is 151 Å². The largest absolute Gasteiger partial charge is 0.488 e. The van der Waals surface area contributed by atoms with Gasteiger partial charge in [-0.2, -0.15) is 17.4 Å². The van der Waals surface area contributed by atoms with Gasteiger partial charge in [-0.3, -0.25) is 4.79 Å². The van der Waals surface area contributed by atoms with Crippen LogP contribution in [0.5, 0.6) is 0 Å². The van der Waals surface area contributed by atoms with Crippen molar-refractivity contribution >= 4 is 28.8 Å². The minimum absolute atomic E-state index is 0.148. The fourth-order valence-electron chi connectivity index (χ4n) is 3.19. The molecule has 8 N–H and O–H groups in total. The van der Waals surface area contributed by atoms with Crippen molar-refractivity contribution in [1.82, 2.24) is 9.03 Å². The van der Waals surface area contributed by atoms with E-state index in [1.165, 1.54) is 18.2 Å². The lowest BCUT2D eigenvalue weighted by atomic mass is 9.76. The van der Waals surface area contributed by atoms with Gasteiger partial charge in [-0.1, -0.05) is 24.3 Å². The molecule has 1 saturated carbocycles. The predicted molar refractivity (Wildman–Crippen MR) is 93.6 cm³/mol. The number of aliphatic carboxylic acids is 1. The van der Waals surface area contributed by atoms with Crippen molar-refractivity contribution < 1.29 is 28.4 Å². The summed E-state index contributed by atoms with van der Waals surface area (Å²) in [4.78, 5) is 11.8. The first-order chi connectivity index (χ1) is 12.0. The maximum absolute atomic E-state index is 12.5. The Balaban J connectivity index is 1.91. The third kappa shape index (κ3) is 3.49. The summed E-state index contributed by atoms with van der Waals surface area (Å²) in [5, 5.41) is 28.3. The maximum atomic E-state index is 12.5. The second kappa shape index (κ2) is 6.57. The highest BCUT2D eigenvalue weighted by Gasteiger charge is 2.54. The van der Waals surface area contributed by atoms with Gasteiger partial charge in [0.05, 0.1) is 0 Å². The van der Waals surface area contributed by atoms with Crippen molar-refractivity contribution in [2.24, 2.45) is 11.5 Å². The van der Waals surface area contributed by atoms with Gasteiger partial charge in [-0.25, -0.2) is 0 Å². The van der Waals surface area contributed by atoms with E-state index in [0.717, 1.165) is 4.31 Å². The van der Waals surface area contributed by atoms with Crippen LogP contribution in [0.15, 0.2) is 24.3 Å². The fourth-order valence-corrected chi connectivity index (χ4v) is 4.72. The van der Waals surface area contributed by atoms with Gasteiger partial charge >= 0.3 is 13.1 Å². The van der Waals surface area contributed by atoms with Gasteiger partial charge in [0.1, 0.15) is 5.54 Å². The third-order valence-electron chi connectivity index (χ3n) is 4.94. The zero-order chi connectivity index (χ0) is 19.3. The van der Waals surface area contributed by atoms with Crippen LogP contribution in [0.3, 0.4) is 0 Å². The molecule has 1 aromatic carbocycles. The summed E-state index contributed by atoms with van der Waals surface area (Å²) in [6.45, 7) is -0.554. The predicted octanol–water partition coefficient (Wildman–Crippen LogP) is -3.52. The summed E-state index contributed by atoms with van der Waals surface area (Å²) >= 11 is 0. The van der Waals surface area contributed by atoms with Gasteiger partial charge in [-0.05, 0) is 17.4 Å². The Morgan fingerprint density at radius 3 is 2.58 bits per heavy atom. The summed E-state index contributed by atoms with van der Waals surface area (Å²) in [6.07, 6.45) is 0.527. The molecule has 3 rings (SSSR count). The number of nitrogens with one attached hydrogen (secondary N) is 1. The van der Waals surface area contributed by atoms with E-state index in [9.17, 15) is 28.4 Å². The Bertz CT molecular complexity index is 821. The first kappa shape index (κ1) is 19.2. The number of rotatable bonds is 6. The molecule has 142 valence electrons. The van der Waals surface area contributed by atoms with Gasteiger partial charge in [0.2, 0.25) is 0 Å². The lowest BCUT2D eigenvalue weighted by Crippen LogP contribution is -2.54. The highest BCUT2D eigenvalue weighted by atomic mass is 32.2. The number of carboxylic acid groups (broad SMARTS) is 1. The minimum Gasteiger partial charge on any atom is -0.480 e. The van der Waals surface area contributed by atoms with Gasteiger partial charge in [0.25, 0.3) is 10.2 Å². The number of hydrogen-bond donors (Lipinski definition) is 6. The van der Waals surface area contributed by atoms with Crippen LogP contribution in [0.4, 0.5) is 0 Å². The number of benzene rings is 1. The van der Waals surface area contributed by atoms with Gasteiger partial charge in [-0.15, -0.1) is 0 Å². The molecule has 26 heavy (non-hydrogen) atoms.